The minimum atomic E-state index is -3.54. The number of hydrogen-bond donors (Lipinski definition) is 1. The van der Waals surface area contributed by atoms with Crippen molar-refractivity contribution in [2.24, 2.45) is 13.0 Å². The maximum Gasteiger partial charge on any atom is 0.267 e. The molecule has 1 aromatic rings. The number of rotatable bonds is 8. The van der Waals surface area contributed by atoms with Crippen LogP contribution >= 0.6 is 0 Å². The van der Waals surface area contributed by atoms with Gasteiger partial charge in [0.2, 0.25) is 10.0 Å². The predicted octanol–water partition coefficient (Wildman–Crippen LogP) is 1.83. The smallest absolute Gasteiger partial charge is 0.267 e. The summed E-state index contributed by atoms with van der Waals surface area (Å²) in [5, 5.41) is 2.82. The van der Waals surface area contributed by atoms with Gasteiger partial charge < -0.3 is 9.88 Å². The minimum absolute atomic E-state index is 0.160. The maximum absolute atomic E-state index is 12.5. The largest absolute Gasteiger partial charge is 0.351 e. The lowest BCUT2D eigenvalue weighted by atomic mass is 10.1. The molecule has 0 spiro atoms. The average molecular weight is 329 g/mol. The molecule has 7 heteroatoms. The Morgan fingerprint density at radius 1 is 1.32 bits per heavy atom. The molecule has 0 atom stereocenters. The van der Waals surface area contributed by atoms with E-state index in [0.29, 0.717) is 31.2 Å². The molecule has 1 rings (SSSR count). The number of hydrogen-bond acceptors (Lipinski definition) is 3. The fraction of sp³-hybridized carbons (Fsp3) is 0.667. The molecule has 0 fully saturated rings. The standard InChI is InChI=1S/C15H27N3O3S/c1-6-18(7-2)22(20,21)13-10-14(17(5)11-13)15(19)16-9-8-12(3)4/h10-12H,6-9H2,1-5H3,(H,16,19). The summed E-state index contributed by atoms with van der Waals surface area (Å²) in [6, 6.07) is 1.44. The second-order valence-corrected chi connectivity index (χ2v) is 7.64. The van der Waals surface area contributed by atoms with Gasteiger partial charge in [-0.2, -0.15) is 4.31 Å². The Hall–Kier alpha value is -1.34. The van der Waals surface area contributed by atoms with E-state index in [1.807, 2.05) is 0 Å². The lowest BCUT2D eigenvalue weighted by Gasteiger charge is -2.17. The Labute approximate surface area is 133 Å². The number of nitrogens with zero attached hydrogens (tertiary/aromatic N) is 2. The molecular weight excluding hydrogens is 302 g/mol. The molecule has 0 aromatic carbocycles. The van der Waals surface area contributed by atoms with Crippen molar-refractivity contribution in [1.82, 2.24) is 14.2 Å². The predicted molar refractivity (Wildman–Crippen MR) is 87.3 cm³/mol. The third kappa shape index (κ3) is 4.33. The molecule has 0 saturated carbocycles. The normalized spacial score (nSPS) is 12.1. The van der Waals surface area contributed by atoms with Gasteiger partial charge in [-0.15, -0.1) is 0 Å². The van der Waals surface area contributed by atoms with Gasteiger partial charge in [0.1, 0.15) is 10.6 Å². The molecule has 0 unspecified atom stereocenters. The van der Waals surface area contributed by atoms with Crippen LogP contribution in [-0.2, 0) is 17.1 Å². The summed E-state index contributed by atoms with van der Waals surface area (Å²) in [5.41, 5.74) is 0.356. The fourth-order valence-corrected chi connectivity index (χ4v) is 3.71. The zero-order chi connectivity index (χ0) is 16.9. The molecule has 1 aromatic heterocycles. The van der Waals surface area contributed by atoms with Gasteiger partial charge in [0, 0.05) is 32.9 Å². The number of amides is 1. The van der Waals surface area contributed by atoms with Gasteiger partial charge in [-0.1, -0.05) is 27.7 Å². The lowest BCUT2D eigenvalue weighted by molar-refractivity contribution is 0.0944. The molecule has 0 saturated heterocycles. The highest BCUT2D eigenvalue weighted by Gasteiger charge is 2.25. The first-order chi connectivity index (χ1) is 10.2. The number of aryl methyl sites for hydroxylation is 1. The van der Waals surface area contributed by atoms with E-state index in [-0.39, 0.29) is 10.8 Å². The van der Waals surface area contributed by atoms with Gasteiger partial charge in [0.25, 0.3) is 5.91 Å². The molecule has 0 radical (unpaired) electrons. The average Bonchev–Trinajstić information content (AvgIpc) is 2.82. The summed E-state index contributed by atoms with van der Waals surface area (Å²) >= 11 is 0. The van der Waals surface area contributed by atoms with Crippen molar-refractivity contribution >= 4 is 15.9 Å². The first-order valence-electron chi connectivity index (χ1n) is 7.68. The van der Waals surface area contributed by atoms with Crippen molar-refractivity contribution in [2.45, 2.75) is 39.0 Å². The summed E-state index contributed by atoms with van der Waals surface area (Å²) in [5.74, 6) is 0.261. The first kappa shape index (κ1) is 18.7. The molecule has 0 aliphatic heterocycles. The molecule has 6 nitrogen and oxygen atoms in total. The summed E-state index contributed by atoms with van der Waals surface area (Å²) < 4.78 is 27.9. The second kappa shape index (κ2) is 7.78. The number of sulfonamides is 1. The highest BCUT2D eigenvalue weighted by atomic mass is 32.2. The number of carbonyl (C=O) groups excluding carboxylic acids is 1. The van der Waals surface area contributed by atoms with Crippen molar-refractivity contribution in [3.05, 3.63) is 18.0 Å². The molecule has 126 valence electrons. The summed E-state index contributed by atoms with van der Waals surface area (Å²) in [6.45, 7) is 9.16. The number of aromatic nitrogens is 1. The molecule has 0 aliphatic rings. The fourth-order valence-electron chi connectivity index (χ4n) is 2.18. The Balaban J connectivity index is 2.94. The van der Waals surface area contributed by atoms with Crippen molar-refractivity contribution < 1.29 is 13.2 Å². The first-order valence-corrected chi connectivity index (χ1v) is 9.12. The van der Waals surface area contributed by atoms with Gasteiger partial charge >= 0.3 is 0 Å². The molecule has 1 amide bonds. The Kier molecular flexibility index (Phi) is 6.62. The number of nitrogens with one attached hydrogen (secondary N) is 1. The highest BCUT2D eigenvalue weighted by molar-refractivity contribution is 7.89. The van der Waals surface area contributed by atoms with Crippen LogP contribution in [0.4, 0.5) is 0 Å². The molecule has 0 aliphatic carbocycles. The van der Waals surface area contributed by atoms with E-state index in [4.69, 9.17) is 0 Å². The minimum Gasteiger partial charge on any atom is -0.351 e. The third-order valence-corrected chi connectivity index (χ3v) is 5.58. The van der Waals surface area contributed by atoms with E-state index >= 15 is 0 Å². The van der Waals surface area contributed by atoms with Gasteiger partial charge in [-0.25, -0.2) is 8.42 Å². The zero-order valence-electron chi connectivity index (χ0n) is 14.1. The van der Waals surface area contributed by atoms with Gasteiger partial charge in [0.05, 0.1) is 0 Å². The van der Waals surface area contributed by atoms with Gasteiger partial charge in [-0.05, 0) is 18.4 Å². The van der Waals surface area contributed by atoms with E-state index in [2.05, 4.69) is 19.2 Å². The van der Waals surface area contributed by atoms with Gasteiger partial charge in [-0.3, -0.25) is 4.79 Å². The van der Waals surface area contributed by atoms with E-state index in [1.54, 1.807) is 25.5 Å². The molecule has 1 N–H and O–H groups in total. The van der Waals surface area contributed by atoms with Crippen LogP contribution in [0.3, 0.4) is 0 Å². The van der Waals surface area contributed by atoms with Crippen LogP contribution in [0.2, 0.25) is 0 Å². The second-order valence-electron chi connectivity index (χ2n) is 5.70. The van der Waals surface area contributed by atoms with Crippen molar-refractivity contribution in [3.63, 3.8) is 0 Å². The summed E-state index contributed by atoms with van der Waals surface area (Å²) in [4.78, 5) is 12.3. The Bertz CT molecular complexity index is 602. The van der Waals surface area contributed by atoms with Crippen LogP contribution in [0.25, 0.3) is 0 Å². The number of carbonyl (C=O) groups is 1. The molecule has 0 bridgehead atoms. The van der Waals surface area contributed by atoms with Crippen LogP contribution in [0.5, 0.6) is 0 Å². The lowest BCUT2D eigenvalue weighted by Crippen LogP contribution is -2.30. The molecule has 1 heterocycles. The van der Waals surface area contributed by atoms with E-state index < -0.39 is 10.0 Å². The van der Waals surface area contributed by atoms with Crippen LogP contribution < -0.4 is 5.32 Å². The van der Waals surface area contributed by atoms with E-state index in [0.717, 1.165) is 6.42 Å². The van der Waals surface area contributed by atoms with Crippen LogP contribution in [0.15, 0.2) is 17.2 Å². The topological polar surface area (TPSA) is 71.4 Å². The zero-order valence-corrected chi connectivity index (χ0v) is 14.9. The summed E-state index contributed by atoms with van der Waals surface area (Å²) in [6.07, 6.45) is 2.38. The monoisotopic (exact) mass is 329 g/mol. The quantitative estimate of drug-likeness (QED) is 0.791. The van der Waals surface area contributed by atoms with Crippen molar-refractivity contribution in [1.29, 1.82) is 0 Å². The molecule has 22 heavy (non-hydrogen) atoms. The SMILES string of the molecule is CCN(CC)S(=O)(=O)c1cc(C(=O)NCCC(C)C)n(C)c1. The van der Waals surface area contributed by atoms with Gasteiger partial charge in [0.15, 0.2) is 0 Å². The van der Waals surface area contributed by atoms with Crippen molar-refractivity contribution in [3.8, 4) is 0 Å². The molecular formula is C15H27N3O3S. The maximum atomic E-state index is 12.5. The third-order valence-electron chi connectivity index (χ3n) is 3.56. The van der Waals surface area contributed by atoms with Crippen molar-refractivity contribution in [2.75, 3.05) is 19.6 Å². The van der Waals surface area contributed by atoms with E-state index in [9.17, 15) is 13.2 Å². The Morgan fingerprint density at radius 3 is 2.41 bits per heavy atom. The van der Waals surface area contributed by atoms with Crippen LogP contribution in [0.1, 0.15) is 44.6 Å². The summed E-state index contributed by atoms with van der Waals surface area (Å²) in [7, 11) is -1.86. The Morgan fingerprint density at radius 2 is 1.91 bits per heavy atom. The highest BCUT2D eigenvalue weighted by Crippen LogP contribution is 2.18. The van der Waals surface area contributed by atoms with Crippen LogP contribution in [0, 0.1) is 5.92 Å². The van der Waals surface area contributed by atoms with E-state index in [1.165, 1.54) is 16.6 Å². The van der Waals surface area contributed by atoms with Crippen LogP contribution in [-0.4, -0.2) is 42.8 Å².